The molecule has 0 aliphatic carbocycles. The van der Waals surface area contributed by atoms with E-state index in [0.29, 0.717) is 32.5 Å². The first kappa shape index (κ1) is 24.4. The number of nitrogens with one attached hydrogen (secondary N) is 1. The van der Waals surface area contributed by atoms with Crippen LogP contribution in [0.1, 0.15) is 29.2 Å². The minimum Gasteiger partial charge on any atom is -0.392 e. The molecule has 174 valence electrons. The van der Waals surface area contributed by atoms with Gasteiger partial charge in [0.15, 0.2) is 0 Å². The summed E-state index contributed by atoms with van der Waals surface area (Å²) >= 11 is 0. The van der Waals surface area contributed by atoms with Crippen LogP contribution in [0.2, 0.25) is 0 Å². The zero-order chi connectivity index (χ0) is 23.1. The number of benzene rings is 2. The monoisotopic (exact) mass is 459 g/mol. The van der Waals surface area contributed by atoms with Gasteiger partial charge in [-0.25, -0.2) is 13.1 Å². The van der Waals surface area contributed by atoms with E-state index in [1.807, 2.05) is 66.5 Å². The Morgan fingerprint density at radius 1 is 1.16 bits per heavy atom. The first-order valence-electron chi connectivity index (χ1n) is 10.9. The van der Waals surface area contributed by atoms with E-state index in [1.165, 1.54) is 0 Å². The molecule has 1 saturated heterocycles. The smallest absolute Gasteiger partial charge is 0.227 e. The van der Waals surface area contributed by atoms with Crippen molar-refractivity contribution in [2.75, 3.05) is 39.5 Å². The van der Waals surface area contributed by atoms with E-state index >= 15 is 0 Å². The van der Waals surface area contributed by atoms with Crippen molar-refractivity contribution in [1.82, 2.24) is 14.5 Å². The van der Waals surface area contributed by atoms with Crippen molar-refractivity contribution in [1.29, 1.82) is 0 Å². The summed E-state index contributed by atoms with van der Waals surface area (Å²) in [6.07, 6.45) is 2.51. The van der Waals surface area contributed by atoms with Crippen LogP contribution in [0.5, 0.6) is 0 Å². The number of carbonyl (C=O) groups excluding carboxylic acids is 1. The van der Waals surface area contributed by atoms with Crippen LogP contribution in [0.3, 0.4) is 0 Å². The molecule has 2 aromatic rings. The highest BCUT2D eigenvalue weighted by atomic mass is 32.2. The highest BCUT2D eigenvalue weighted by Crippen LogP contribution is 2.24. The minimum atomic E-state index is -3.19. The van der Waals surface area contributed by atoms with Crippen molar-refractivity contribution in [2.24, 2.45) is 0 Å². The molecule has 0 saturated carbocycles. The van der Waals surface area contributed by atoms with Crippen LogP contribution in [-0.2, 0) is 27.7 Å². The highest BCUT2D eigenvalue weighted by molar-refractivity contribution is 7.88. The minimum absolute atomic E-state index is 0.0325. The number of aliphatic hydroxyl groups is 1. The van der Waals surface area contributed by atoms with Crippen molar-refractivity contribution < 1.29 is 18.3 Å². The third-order valence-electron chi connectivity index (χ3n) is 5.88. The largest absolute Gasteiger partial charge is 0.392 e. The van der Waals surface area contributed by atoms with Gasteiger partial charge in [0, 0.05) is 33.2 Å². The van der Waals surface area contributed by atoms with Gasteiger partial charge < -0.3 is 10.0 Å². The van der Waals surface area contributed by atoms with Crippen LogP contribution in [0, 0.1) is 0 Å². The summed E-state index contributed by atoms with van der Waals surface area (Å²) in [5.74, 6) is 0.0325. The number of hydrogen-bond donors (Lipinski definition) is 2. The normalized spacial score (nSPS) is 17.9. The number of aliphatic hydroxyl groups excluding tert-OH is 1. The standard InChI is InChI=1S/C24H33N3O4S/c1-26(23(21-6-4-3-5-7-21)18-27-15-13-22(28)17-27)24(29)16-20-10-8-19(9-11-20)12-14-25-32(2,30)31/h3-11,22-23,25,28H,12-18H2,1-2H3. The molecule has 2 aromatic carbocycles. The predicted octanol–water partition coefficient (Wildman–Crippen LogP) is 1.59. The predicted molar refractivity (Wildman–Crippen MR) is 126 cm³/mol. The Hall–Kier alpha value is -2.26. The van der Waals surface area contributed by atoms with Gasteiger partial charge in [-0.3, -0.25) is 9.69 Å². The molecule has 1 amide bonds. The number of β-amino-alcohol motifs (C(OH)–C–C–N with tert-alkyl or cyclic N) is 1. The molecule has 0 aromatic heterocycles. The maximum absolute atomic E-state index is 13.1. The topological polar surface area (TPSA) is 90.0 Å². The fourth-order valence-electron chi connectivity index (χ4n) is 4.03. The zero-order valence-electron chi connectivity index (χ0n) is 18.8. The SMILES string of the molecule is CN(C(=O)Cc1ccc(CCNS(C)(=O)=O)cc1)C(CN1CCC(O)C1)c1ccccc1. The first-order chi connectivity index (χ1) is 15.2. The fourth-order valence-corrected chi connectivity index (χ4v) is 4.50. The summed E-state index contributed by atoms with van der Waals surface area (Å²) < 4.78 is 24.8. The Bertz CT molecular complexity index is 980. The number of sulfonamides is 1. The summed E-state index contributed by atoms with van der Waals surface area (Å²) in [4.78, 5) is 17.1. The summed E-state index contributed by atoms with van der Waals surface area (Å²) in [6, 6.07) is 17.7. The van der Waals surface area contributed by atoms with Gasteiger partial charge in [-0.1, -0.05) is 54.6 Å². The van der Waals surface area contributed by atoms with Crippen molar-refractivity contribution >= 4 is 15.9 Å². The molecule has 1 aliphatic rings. The lowest BCUT2D eigenvalue weighted by Gasteiger charge is -2.32. The average molecular weight is 460 g/mol. The highest BCUT2D eigenvalue weighted by Gasteiger charge is 2.28. The van der Waals surface area contributed by atoms with E-state index in [4.69, 9.17) is 0 Å². The molecule has 2 N–H and O–H groups in total. The molecule has 2 unspecified atom stereocenters. The fraction of sp³-hybridized carbons (Fsp3) is 0.458. The number of rotatable bonds is 10. The number of carbonyl (C=O) groups is 1. The molecule has 1 aliphatic heterocycles. The van der Waals surface area contributed by atoms with E-state index in [2.05, 4.69) is 9.62 Å². The maximum Gasteiger partial charge on any atom is 0.227 e. The van der Waals surface area contributed by atoms with E-state index in [-0.39, 0.29) is 18.1 Å². The average Bonchev–Trinajstić information content (AvgIpc) is 3.17. The van der Waals surface area contributed by atoms with E-state index in [1.54, 1.807) is 0 Å². The summed E-state index contributed by atoms with van der Waals surface area (Å²) in [5.41, 5.74) is 3.02. The molecular formula is C24H33N3O4S. The second-order valence-corrected chi connectivity index (χ2v) is 10.4. The Labute approximate surface area is 191 Å². The van der Waals surface area contributed by atoms with Crippen LogP contribution in [0.25, 0.3) is 0 Å². The number of nitrogens with zero attached hydrogens (tertiary/aromatic N) is 2. The Balaban J connectivity index is 1.62. The van der Waals surface area contributed by atoms with E-state index in [9.17, 15) is 18.3 Å². The zero-order valence-corrected chi connectivity index (χ0v) is 19.6. The quantitative estimate of drug-likeness (QED) is 0.563. The third kappa shape index (κ3) is 7.41. The number of likely N-dealkylation sites (tertiary alicyclic amines) is 1. The van der Waals surface area contributed by atoms with Gasteiger partial charge in [0.1, 0.15) is 0 Å². The van der Waals surface area contributed by atoms with Crippen molar-refractivity contribution in [3.63, 3.8) is 0 Å². The van der Waals surface area contributed by atoms with Crippen molar-refractivity contribution in [3.05, 3.63) is 71.3 Å². The van der Waals surface area contributed by atoms with Crippen molar-refractivity contribution in [3.8, 4) is 0 Å². The van der Waals surface area contributed by atoms with Crippen LogP contribution < -0.4 is 4.72 Å². The van der Waals surface area contributed by atoms with Gasteiger partial charge in [-0.05, 0) is 29.5 Å². The lowest BCUT2D eigenvalue weighted by Crippen LogP contribution is -2.39. The van der Waals surface area contributed by atoms with Crippen molar-refractivity contribution in [2.45, 2.75) is 31.4 Å². The molecule has 3 rings (SSSR count). The lowest BCUT2D eigenvalue weighted by atomic mass is 10.0. The van der Waals surface area contributed by atoms with Gasteiger partial charge in [-0.2, -0.15) is 0 Å². The second kappa shape index (κ2) is 11.0. The Morgan fingerprint density at radius 2 is 1.81 bits per heavy atom. The molecule has 8 heteroatoms. The summed E-state index contributed by atoms with van der Waals surface area (Å²) in [6.45, 7) is 2.52. The lowest BCUT2D eigenvalue weighted by molar-refractivity contribution is -0.131. The van der Waals surface area contributed by atoms with Crippen LogP contribution >= 0.6 is 0 Å². The van der Waals surface area contributed by atoms with Gasteiger partial charge >= 0.3 is 0 Å². The first-order valence-corrected chi connectivity index (χ1v) is 12.8. The third-order valence-corrected chi connectivity index (χ3v) is 6.61. The van der Waals surface area contributed by atoms with Gasteiger partial charge in [0.2, 0.25) is 15.9 Å². The molecular weight excluding hydrogens is 426 g/mol. The maximum atomic E-state index is 13.1. The van der Waals surface area contributed by atoms with E-state index < -0.39 is 10.0 Å². The molecule has 7 nitrogen and oxygen atoms in total. The molecule has 0 spiro atoms. The Kier molecular flexibility index (Phi) is 8.42. The number of hydrogen-bond acceptors (Lipinski definition) is 5. The van der Waals surface area contributed by atoms with Crippen LogP contribution in [0.4, 0.5) is 0 Å². The number of amides is 1. The Morgan fingerprint density at radius 3 is 2.41 bits per heavy atom. The second-order valence-electron chi connectivity index (χ2n) is 8.54. The van der Waals surface area contributed by atoms with Gasteiger partial charge in [-0.15, -0.1) is 0 Å². The van der Waals surface area contributed by atoms with Crippen LogP contribution in [0.15, 0.2) is 54.6 Å². The molecule has 1 fully saturated rings. The van der Waals surface area contributed by atoms with Gasteiger partial charge in [0.25, 0.3) is 0 Å². The molecule has 0 bridgehead atoms. The molecule has 2 atom stereocenters. The molecule has 0 radical (unpaired) electrons. The summed E-state index contributed by atoms with van der Waals surface area (Å²) in [7, 11) is -1.34. The molecule has 32 heavy (non-hydrogen) atoms. The van der Waals surface area contributed by atoms with Gasteiger partial charge in [0.05, 0.1) is 24.8 Å². The summed E-state index contributed by atoms with van der Waals surface area (Å²) in [5, 5.41) is 9.89. The number of likely N-dealkylation sites (N-methyl/N-ethyl adjacent to an activating group) is 1. The van der Waals surface area contributed by atoms with E-state index in [0.717, 1.165) is 35.9 Å². The van der Waals surface area contributed by atoms with Crippen LogP contribution in [-0.4, -0.2) is 74.8 Å². The molecule has 1 heterocycles.